The maximum Gasteiger partial charge on any atom is 0.272 e. The van der Waals surface area contributed by atoms with Gasteiger partial charge in [0.1, 0.15) is 5.01 Å². The van der Waals surface area contributed by atoms with Crippen LogP contribution in [0.1, 0.15) is 21.1 Å². The highest BCUT2D eigenvalue weighted by Crippen LogP contribution is 2.20. The van der Waals surface area contributed by atoms with Crippen LogP contribution in [0.4, 0.5) is 0 Å². The Bertz CT molecular complexity index is 798. The van der Waals surface area contributed by atoms with Gasteiger partial charge in [0.2, 0.25) is 0 Å². The van der Waals surface area contributed by atoms with Crippen LogP contribution in [0, 0.1) is 6.92 Å². The zero-order valence-corrected chi connectivity index (χ0v) is 13.4. The van der Waals surface area contributed by atoms with Gasteiger partial charge in [-0.25, -0.2) is 9.67 Å². The highest BCUT2D eigenvalue weighted by Gasteiger charge is 2.15. The number of hydrogen-bond acceptors (Lipinski definition) is 4. The molecule has 2 heterocycles. The summed E-state index contributed by atoms with van der Waals surface area (Å²) in [6.07, 6.45) is 3.50. The molecule has 112 valence electrons. The molecule has 0 saturated heterocycles. The Kier molecular flexibility index (Phi) is 4.22. The van der Waals surface area contributed by atoms with Crippen molar-refractivity contribution in [3.05, 3.63) is 63.3 Å². The molecular weight excluding hydrogens is 320 g/mol. The number of thiazole rings is 1. The van der Waals surface area contributed by atoms with E-state index in [1.807, 2.05) is 30.5 Å². The number of para-hydroxylation sites is 1. The first-order valence-electron chi connectivity index (χ1n) is 6.63. The van der Waals surface area contributed by atoms with Crippen molar-refractivity contribution >= 4 is 28.8 Å². The number of carbonyl (C=O) groups is 1. The van der Waals surface area contributed by atoms with E-state index in [2.05, 4.69) is 15.4 Å². The van der Waals surface area contributed by atoms with Crippen molar-refractivity contribution in [2.75, 3.05) is 0 Å². The number of benzene rings is 1. The first kappa shape index (κ1) is 14.7. The maximum absolute atomic E-state index is 12.2. The number of aryl methyl sites for hydroxylation is 1. The SMILES string of the molecule is Cc1cn(-c2ccccc2Cl)nc1C(=O)NCc1nccs1. The minimum Gasteiger partial charge on any atom is -0.344 e. The second kappa shape index (κ2) is 6.29. The molecule has 2 aromatic heterocycles. The summed E-state index contributed by atoms with van der Waals surface area (Å²) in [7, 11) is 0. The summed E-state index contributed by atoms with van der Waals surface area (Å²) in [4.78, 5) is 16.4. The van der Waals surface area contributed by atoms with Crippen molar-refractivity contribution in [3.63, 3.8) is 0 Å². The molecule has 0 spiro atoms. The third kappa shape index (κ3) is 3.03. The molecule has 0 aliphatic heterocycles. The largest absolute Gasteiger partial charge is 0.344 e. The lowest BCUT2D eigenvalue weighted by Gasteiger charge is -2.03. The Labute approximate surface area is 136 Å². The third-order valence-electron chi connectivity index (χ3n) is 3.10. The third-order valence-corrected chi connectivity index (χ3v) is 4.19. The summed E-state index contributed by atoms with van der Waals surface area (Å²) in [6, 6.07) is 7.37. The summed E-state index contributed by atoms with van der Waals surface area (Å²) < 4.78 is 1.62. The highest BCUT2D eigenvalue weighted by atomic mass is 35.5. The van der Waals surface area contributed by atoms with Gasteiger partial charge in [0.25, 0.3) is 5.91 Å². The van der Waals surface area contributed by atoms with E-state index in [1.54, 1.807) is 23.1 Å². The number of aromatic nitrogens is 3. The van der Waals surface area contributed by atoms with Crippen LogP contribution >= 0.6 is 22.9 Å². The fraction of sp³-hybridized carbons (Fsp3) is 0.133. The molecule has 0 bridgehead atoms. The fourth-order valence-electron chi connectivity index (χ4n) is 2.03. The molecule has 5 nitrogen and oxygen atoms in total. The van der Waals surface area contributed by atoms with E-state index in [1.165, 1.54) is 11.3 Å². The molecule has 1 aromatic carbocycles. The summed E-state index contributed by atoms with van der Waals surface area (Å²) in [5, 5.41) is 10.5. The van der Waals surface area contributed by atoms with Crippen LogP contribution in [0.15, 0.2) is 42.0 Å². The molecule has 1 amide bonds. The molecule has 3 rings (SSSR count). The van der Waals surface area contributed by atoms with E-state index in [-0.39, 0.29) is 5.91 Å². The molecule has 0 aliphatic rings. The van der Waals surface area contributed by atoms with Gasteiger partial charge >= 0.3 is 0 Å². The van der Waals surface area contributed by atoms with E-state index >= 15 is 0 Å². The van der Waals surface area contributed by atoms with Gasteiger partial charge in [-0.2, -0.15) is 5.10 Å². The fourth-order valence-corrected chi connectivity index (χ4v) is 2.80. The second-order valence-corrected chi connectivity index (χ2v) is 6.05. The topological polar surface area (TPSA) is 59.8 Å². The predicted molar refractivity (Wildman–Crippen MR) is 86.6 cm³/mol. The van der Waals surface area contributed by atoms with Gasteiger partial charge < -0.3 is 5.32 Å². The molecule has 0 radical (unpaired) electrons. The van der Waals surface area contributed by atoms with E-state index < -0.39 is 0 Å². The van der Waals surface area contributed by atoms with Gasteiger partial charge in [-0.15, -0.1) is 11.3 Å². The van der Waals surface area contributed by atoms with Crippen molar-refractivity contribution in [1.82, 2.24) is 20.1 Å². The molecule has 3 aromatic rings. The van der Waals surface area contributed by atoms with E-state index in [0.29, 0.717) is 17.3 Å². The van der Waals surface area contributed by atoms with Crippen molar-refractivity contribution < 1.29 is 4.79 Å². The Morgan fingerprint density at radius 1 is 1.41 bits per heavy atom. The molecule has 0 unspecified atom stereocenters. The molecule has 0 saturated carbocycles. The van der Waals surface area contributed by atoms with Crippen LogP contribution < -0.4 is 5.32 Å². The molecule has 1 N–H and O–H groups in total. The maximum atomic E-state index is 12.2. The number of carbonyl (C=O) groups excluding carboxylic acids is 1. The van der Waals surface area contributed by atoms with Gasteiger partial charge in [-0.1, -0.05) is 23.7 Å². The first-order chi connectivity index (χ1) is 10.6. The minimum atomic E-state index is -0.224. The lowest BCUT2D eigenvalue weighted by atomic mass is 10.2. The van der Waals surface area contributed by atoms with Crippen molar-refractivity contribution in [2.24, 2.45) is 0 Å². The minimum absolute atomic E-state index is 0.224. The van der Waals surface area contributed by atoms with Gasteiger partial charge in [0, 0.05) is 23.3 Å². The van der Waals surface area contributed by atoms with Crippen LogP contribution in [0.25, 0.3) is 5.69 Å². The average molecular weight is 333 g/mol. The van der Waals surface area contributed by atoms with Crippen molar-refractivity contribution in [1.29, 1.82) is 0 Å². The number of halogens is 1. The Morgan fingerprint density at radius 3 is 2.95 bits per heavy atom. The molecule has 7 heteroatoms. The zero-order chi connectivity index (χ0) is 15.5. The first-order valence-corrected chi connectivity index (χ1v) is 7.88. The number of rotatable bonds is 4. The normalized spacial score (nSPS) is 10.6. The van der Waals surface area contributed by atoms with Gasteiger partial charge in [0.15, 0.2) is 5.69 Å². The molecule has 0 aliphatic carbocycles. The van der Waals surface area contributed by atoms with Crippen LogP contribution in [0.2, 0.25) is 5.02 Å². The summed E-state index contributed by atoms with van der Waals surface area (Å²) >= 11 is 7.66. The van der Waals surface area contributed by atoms with Crippen LogP contribution in [0.5, 0.6) is 0 Å². The van der Waals surface area contributed by atoms with Crippen LogP contribution in [-0.2, 0) is 6.54 Å². The Balaban J connectivity index is 1.80. The van der Waals surface area contributed by atoms with Crippen LogP contribution in [0.3, 0.4) is 0 Å². The summed E-state index contributed by atoms with van der Waals surface area (Å²) in [6.45, 7) is 2.24. The standard InChI is InChI=1S/C15H13ClN4OS/c1-10-9-20(12-5-3-2-4-11(12)16)19-14(10)15(21)18-8-13-17-6-7-22-13/h2-7,9H,8H2,1H3,(H,18,21). The average Bonchev–Trinajstić information content (AvgIpc) is 3.15. The highest BCUT2D eigenvalue weighted by molar-refractivity contribution is 7.09. The van der Waals surface area contributed by atoms with E-state index in [4.69, 9.17) is 11.6 Å². The number of amides is 1. The number of hydrogen-bond donors (Lipinski definition) is 1. The molecule has 0 atom stereocenters. The van der Waals surface area contributed by atoms with E-state index in [0.717, 1.165) is 16.3 Å². The summed E-state index contributed by atoms with van der Waals surface area (Å²) in [5.74, 6) is -0.224. The molecular formula is C15H13ClN4OS. The smallest absolute Gasteiger partial charge is 0.272 e. The Hall–Kier alpha value is -2.18. The lowest BCUT2D eigenvalue weighted by molar-refractivity contribution is 0.0945. The van der Waals surface area contributed by atoms with Gasteiger partial charge in [-0.3, -0.25) is 4.79 Å². The number of nitrogens with one attached hydrogen (secondary N) is 1. The van der Waals surface area contributed by atoms with Crippen molar-refractivity contribution in [3.8, 4) is 5.69 Å². The van der Waals surface area contributed by atoms with Gasteiger partial charge in [0.05, 0.1) is 17.3 Å². The second-order valence-electron chi connectivity index (χ2n) is 4.67. The number of nitrogens with zero attached hydrogens (tertiary/aromatic N) is 3. The predicted octanol–water partition coefficient (Wildman–Crippen LogP) is 3.22. The lowest BCUT2D eigenvalue weighted by Crippen LogP contribution is -2.24. The molecule has 22 heavy (non-hydrogen) atoms. The van der Waals surface area contributed by atoms with Crippen molar-refractivity contribution in [2.45, 2.75) is 13.5 Å². The zero-order valence-electron chi connectivity index (χ0n) is 11.8. The van der Waals surface area contributed by atoms with E-state index in [9.17, 15) is 4.79 Å². The molecule has 0 fully saturated rings. The summed E-state index contributed by atoms with van der Waals surface area (Å²) in [5.41, 5.74) is 1.92. The quantitative estimate of drug-likeness (QED) is 0.798. The Morgan fingerprint density at radius 2 is 2.23 bits per heavy atom. The monoisotopic (exact) mass is 332 g/mol. The van der Waals surface area contributed by atoms with Gasteiger partial charge in [-0.05, 0) is 19.1 Å². The van der Waals surface area contributed by atoms with Crippen LogP contribution in [-0.4, -0.2) is 20.7 Å².